The van der Waals surface area contributed by atoms with Crippen LogP contribution in [0.15, 0.2) is 11.1 Å². The normalized spacial score (nSPS) is 23.2. The Morgan fingerprint density at radius 3 is 2.47 bits per heavy atom. The van der Waals surface area contributed by atoms with Crippen molar-refractivity contribution in [1.29, 1.82) is 0 Å². The van der Waals surface area contributed by atoms with E-state index in [0.717, 1.165) is 12.8 Å². The lowest BCUT2D eigenvalue weighted by molar-refractivity contribution is -0.137. The van der Waals surface area contributed by atoms with Crippen molar-refractivity contribution < 1.29 is 19.5 Å². The summed E-state index contributed by atoms with van der Waals surface area (Å²) in [6.07, 6.45) is 3.18. The summed E-state index contributed by atoms with van der Waals surface area (Å²) in [5.74, 6) is -1.39. The lowest BCUT2D eigenvalue weighted by Crippen LogP contribution is -2.34. The van der Waals surface area contributed by atoms with Gasteiger partial charge in [-0.25, -0.2) is 0 Å². The zero-order chi connectivity index (χ0) is 14.2. The molecule has 1 heterocycles. The molecular formula is C13H17NO4S. The van der Waals surface area contributed by atoms with E-state index in [1.165, 1.54) is 11.8 Å². The second-order valence-electron chi connectivity index (χ2n) is 4.78. The third-order valence-electron chi connectivity index (χ3n) is 3.48. The predicted octanol–water partition coefficient (Wildman–Crippen LogP) is 1.29. The van der Waals surface area contributed by atoms with E-state index < -0.39 is 5.97 Å². The molecule has 0 saturated heterocycles. The molecule has 2 rings (SSSR count). The maximum atomic E-state index is 12.3. The highest BCUT2D eigenvalue weighted by Gasteiger charge is 2.45. The maximum absolute atomic E-state index is 12.3. The van der Waals surface area contributed by atoms with Crippen LogP contribution in [0.1, 0.15) is 26.2 Å². The lowest BCUT2D eigenvalue weighted by Gasteiger charge is -2.23. The van der Waals surface area contributed by atoms with E-state index in [1.54, 1.807) is 4.90 Å². The molecule has 1 atom stereocenters. The van der Waals surface area contributed by atoms with Crippen molar-refractivity contribution in [3.63, 3.8) is 0 Å². The molecule has 19 heavy (non-hydrogen) atoms. The van der Waals surface area contributed by atoms with Gasteiger partial charge in [0.1, 0.15) is 5.37 Å². The van der Waals surface area contributed by atoms with Crippen LogP contribution in [0.2, 0.25) is 0 Å². The van der Waals surface area contributed by atoms with Crippen molar-refractivity contribution in [2.45, 2.75) is 31.6 Å². The van der Waals surface area contributed by atoms with Crippen LogP contribution in [0.3, 0.4) is 0 Å². The van der Waals surface area contributed by atoms with Crippen molar-refractivity contribution in [3.05, 3.63) is 11.1 Å². The van der Waals surface area contributed by atoms with Crippen LogP contribution in [0, 0.1) is 5.92 Å². The average molecular weight is 283 g/mol. The van der Waals surface area contributed by atoms with Gasteiger partial charge in [-0.15, -0.1) is 11.8 Å². The zero-order valence-corrected chi connectivity index (χ0v) is 11.8. The van der Waals surface area contributed by atoms with Gasteiger partial charge in [-0.1, -0.05) is 0 Å². The summed E-state index contributed by atoms with van der Waals surface area (Å²) >= 11 is 1.41. The first kappa shape index (κ1) is 14.1. The first-order valence-electron chi connectivity index (χ1n) is 6.34. The SMILES string of the molecule is CCN1C(=O)C(CC(=O)O)=C(C(=O)C2CC2)[C@H]1SC. The fourth-order valence-corrected chi connectivity index (χ4v) is 3.41. The molecule has 5 nitrogen and oxygen atoms in total. The van der Waals surface area contributed by atoms with Gasteiger partial charge in [-0.3, -0.25) is 14.4 Å². The molecule has 1 aliphatic heterocycles. The minimum Gasteiger partial charge on any atom is -0.481 e. The fourth-order valence-electron chi connectivity index (χ4n) is 2.41. The standard InChI is InChI=1S/C13H17NO4S/c1-3-14-12(18)8(6-9(15)16)10(13(14)19-2)11(17)7-4-5-7/h7,13H,3-6H2,1-2H3,(H,15,16)/t13-/m1/s1. The summed E-state index contributed by atoms with van der Waals surface area (Å²) in [5, 5.41) is 8.62. The number of carbonyl (C=O) groups is 3. The van der Waals surface area contributed by atoms with E-state index in [0.29, 0.717) is 12.1 Å². The first-order chi connectivity index (χ1) is 9.01. The van der Waals surface area contributed by atoms with Gasteiger partial charge in [0.2, 0.25) is 0 Å². The van der Waals surface area contributed by atoms with Crippen LogP contribution in [-0.2, 0) is 14.4 Å². The summed E-state index contributed by atoms with van der Waals surface area (Å²) < 4.78 is 0. The predicted molar refractivity (Wildman–Crippen MR) is 71.7 cm³/mol. The molecule has 0 unspecified atom stereocenters. The van der Waals surface area contributed by atoms with Crippen molar-refractivity contribution in [1.82, 2.24) is 4.90 Å². The number of likely N-dealkylation sites (N-methyl/N-ethyl adjacent to an activating group) is 1. The number of hydrogen-bond donors (Lipinski definition) is 1. The van der Waals surface area contributed by atoms with E-state index in [-0.39, 0.29) is 35.0 Å². The summed E-state index contributed by atoms with van der Waals surface area (Å²) in [7, 11) is 0. The second kappa shape index (κ2) is 5.36. The molecule has 0 bridgehead atoms. The molecule has 0 aromatic heterocycles. The number of Topliss-reactive ketones (excluding diaryl/α,β-unsaturated/α-hetero) is 1. The minimum absolute atomic E-state index is 0.00180. The number of carboxylic acids is 1. The number of aliphatic carboxylic acids is 1. The Balaban J connectivity index is 2.41. The molecule has 1 amide bonds. The van der Waals surface area contributed by atoms with E-state index >= 15 is 0 Å². The number of rotatable bonds is 6. The molecule has 0 aromatic carbocycles. The van der Waals surface area contributed by atoms with E-state index in [1.807, 2.05) is 13.2 Å². The van der Waals surface area contributed by atoms with Gasteiger partial charge in [0.05, 0.1) is 6.42 Å². The van der Waals surface area contributed by atoms with Gasteiger partial charge in [0.25, 0.3) is 5.91 Å². The van der Waals surface area contributed by atoms with Crippen LogP contribution in [0.5, 0.6) is 0 Å². The van der Waals surface area contributed by atoms with Gasteiger partial charge in [0, 0.05) is 23.6 Å². The van der Waals surface area contributed by atoms with Gasteiger partial charge >= 0.3 is 5.97 Å². The topological polar surface area (TPSA) is 74.7 Å². The molecule has 0 aromatic rings. The smallest absolute Gasteiger partial charge is 0.308 e. The number of nitrogens with zero attached hydrogens (tertiary/aromatic N) is 1. The van der Waals surface area contributed by atoms with Crippen molar-refractivity contribution >= 4 is 29.4 Å². The Morgan fingerprint density at radius 2 is 2.05 bits per heavy atom. The van der Waals surface area contributed by atoms with Crippen molar-refractivity contribution in [2.24, 2.45) is 5.92 Å². The van der Waals surface area contributed by atoms with Crippen LogP contribution < -0.4 is 0 Å². The third kappa shape index (κ3) is 2.54. The largest absolute Gasteiger partial charge is 0.481 e. The zero-order valence-electron chi connectivity index (χ0n) is 11.0. The average Bonchev–Trinajstić information content (AvgIpc) is 3.16. The summed E-state index contributed by atoms with van der Waals surface area (Å²) in [6.45, 7) is 2.32. The molecule has 1 fully saturated rings. The van der Waals surface area contributed by atoms with Crippen LogP contribution in [0.25, 0.3) is 0 Å². The van der Waals surface area contributed by atoms with Crippen molar-refractivity contribution in [3.8, 4) is 0 Å². The molecule has 1 aliphatic carbocycles. The minimum atomic E-state index is -1.07. The Morgan fingerprint density at radius 1 is 1.42 bits per heavy atom. The Hall–Kier alpha value is -1.30. The number of carbonyl (C=O) groups excluding carboxylic acids is 2. The number of carboxylic acid groups (broad SMARTS) is 1. The number of ketones is 1. The molecule has 1 N–H and O–H groups in total. The second-order valence-corrected chi connectivity index (χ2v) is 5.70. The molecule has 1 saturated carbocycles. The van der Waals surface area contributed by atoms with Crippen LogP contribution >= 0.6 is 11.8 Å². The van der Waals surface area contributed by atoms with Gasteiger partial charge in [0.15, 0.2) is 5.78 Å². The Bertz CT molecular complexity index is 467. The summed E-state index contributed by atoms with van der Waals surface area (Å²) in [6, 6.07) is 0. The number of hydrogen-bond acceptors (Lipinski definition) is 4. The first-order valence-corrected chi connectivity index (χ1v) is 7.62. The Kier molecular flexibility index (Phi) is 3.99. The van der Waals surface area contributed by atoms with Crippen LogP contribution in [0.4, 0.5) is 0 Å². The monoisotopic (exact) mass is 283 g/mol. The molecule has 6 heteroatoms. The molecule has 104 valence electrons. The molecule has 0 spiro atoms. The molecule has 0 radical (unpaired) electrons. The van der Waals surface area contributed by atoms with Crippen molar-refractivity contribution in [2.75, 3.05) is 12.8 Å². The number of amides is 1. The van der Waals surface area contributed by atoms with E-state index in [2.05, 4.69) is 0 Å². The highest BCUT2D eigenvalue weighted by Crippen LogP contribution is 2.40. The highest BCUT2D eigenvalue weighted by atomic mass is 32.2. The van der Waals surface area contributed by atoms with Gasteiger partial charge in [-0.2, -0.15) is 0 Å². The van der Waals surface area contributed by atoms with E-state index in [4.69, 9.17) is 5.11 Å². The lowest BCUT2D eigenvalue weighted by atomic mass is 10.0. The summed E-state index contributed by atoms with van der Waals surface area (Å²) in [4.78, 5) is 37.1. The third-order valence-corrected chi connectivity index (χ3v) is 4.42. The summed E-state index contributed by atoms with van der Waals surface area (Å²) in [5.41, 5.74) is 0.620. The highest BCUT2D eigenvalue weighted by molar-refractivity contribution is 7.99. The molecular weight excluding hydrogens is 266 g/mol. The van der Waals surface area contributed by atoms with Gasteiger partial charge in [-0.05, 0) is 26.0 Å². The molecule has 2 aliphatic rings. The van der Waals surface area contributed by atoms with E-state index in [9.17, 15) is 14.4 Å². The van der Waals surface area contributed by atoms with Crippen LogP contribution in [-0.4, -0.2) is 45.8 Å². The fraction of sp³-hybridized carbons (Fsp3) is 0.615. The number of thioether (sulfide) groups is 1. The maximum Gasteiger partial charge on any atom is 0.308 e. The van der Waals surface area contributed by atoms with Gasteiger partial charge < -0.3 is 10.0 Å². The quantitative estimate of drug-likeness (QED) is 0.795. The Labute approximate surface area is 116 Å².